The highest BCUT2D eigenvalue weighted by atomic mass is 79.9. The van der Waals surface area contributed by atoms with Gasteiger partial charge >= 0.3 is 0 Å². The number of rotatable bonds is 2. The molecule has 0 saturated heterocycles. The molecular formula is C20H17BrN2O4. The van der Waals surface area contributed by atoms with Crippen molar-refractivity contribution in [2.45, 2.75) is 0 Å². The lowest BCUT2D eigenvalue weighted by molar-refractivity contribution is 0.415. The van der Waals surface area contributed by atoms with Crippen LogP contribution in [0.2, 0.25) is 0 Å². The number of pyridine rings is 2. The van der Waals surface area contributed by atoms with Crippen LogP contribution in [0.15, 0.2) is 68.9 Å². The van der Waals surface area contributed by atoms with Crippen molar-refractivity contribution < 1.29 is 9.47 Å². The van der Waals surface area contributed by atoms with Gasteiger partial charge in [-0.2, -0.15) is 0 Å². The summed E-state index contributed by atoms with van der Waals surface area (Å²) < 4.78 is 10.6. The van der Waals surface area contributed by atoms with E-state index in [1.165, 1.54) is 6.07 Å². The molecular weight excluding hydrogens is 412 g/mol. The zero-order valence-electron chi connectivity index (χ0n) is 14.7. The first-order chi connectivity index (χ1) is 13.0. The molecule has 2 heterocycles. The predicted molar refractivity (Wildman–Crippen MR) is 110 cm³/mol. The largest absolute Gasteiger partial charge is 0.497 e. The Morgan fingerprint density at radius 1 is 0.815 bits per heavy atom. The standard InChI is InChI=1S/C10H8BrNO2.C10H9NO2/c1-14-6-2-3-9-7(4-6)10(13)8(11)5-12-9;1-13-7-2-3-9-8(6-7)10(12)4-5-11-9/h2-5H,1H3,(H,12,13);2-6H,1H3,(H,11,12). The van der Waals surface area contributed by atoms with Crippen molar-refractivity contribution in [2.75, 3.05) is 14.2 Å². The molecule has 0 fully saturated rings. The average molecular weight is 429 g/mol. The van der Waals surface area contributed by atoms with Crippen LogP contribution >= 0.6 is 15.9 Å². The number of benzene rings is 2. The Hall–Kier alpha value is -3.06. The van der Waals surface area contributed by atoms with Gasteiger partial charge in [-0.25, -0.2) is 0 Å². The summed E-state index contributed by atoms with van der Waals surface area (Å²) in [4.78, 5) is 29.0. The maximum absolute atomic E-state index is 11.7. The number of H-pyrrole nitrogens is 2. The van der Waals surface area contributed by atoms with Gasteiger partial charge in [-0.05, 0) is 52.3 Å². The molecule has 4 aromatic rings. The lowest BCUT2D eigenvalue weighted by atomic mass is 10.2. The van der Waals surface area contributed by atoms with Gasteiger partial charge in [0.25, 0.3) is 0 Å². The smallest absolute Gasteiger partial charge is 0.203 e. The Morgan fingerprint density at radius 3 is 2.04 bits per heavy atom. The second-order valence-corrected chi connectivity index (χ2v) is 6.49. The van der Waals surface area contributed by atoms with E-state index in [4.69, 9.17) is 9.47 Å². The normalized spacial score (nSPS) is 10.3. The molecule has 0 atom stereocenters. The molecule has 0 unspecified atom stereocenters. The topological polar surface area (TPSA) is 84.2 Å². The molecule has 27 heavy (non-hydrogen) atoms. The summed E-state index contributed by atoms with van der Waals surface area (Å²) in [6.45, 7) is 0. The third kappa shape index (κ3) is 4.03. The maximum atomic E-state index is 11.7. The van der Waals surface area contributed by atoms with Gasteiger partial charge in [0, 0.05) is 34.9 Å². The van der Waals surface area contributed by atoms with Crippen molar-refractivity contribution in [3.05, 3.63) is 79.8 Å². The molecule has 2 aromatic heterocycles. The molecule has 2 aromatic carbocycles. The Bertz CT molecular complexity index is 1210. The van der Waals surface area contributed by atoms with Gasteiger partial charge in [-0.15, -0.1) is 0 Å². The van der Waals surface area contributed by atoms with E-state index in [0.717, 1.165) is 11.0 Å². The van der Waals surface area contributed by atoms with E-state index < -0.39 is 0 Å². The Morgan fingerprint density at radius 2 is 1.41 bits per heavy atom. The molecule has 4 rings (SSSR count). The van der Waals surface area contributed by atoms with Gasteiger partial charge < -0.3 is 19.4 Å². The molecule has 0 aliphatic heterocycles. The van der Waals surface area contributed by atoms with Crippen LogP contribution in [0, 0.1) is 0 Å². The predicted octanol–water partition coefficient (Wildman–Crippen LogP) is 3.84. The number of halogens is 1. The maximum Gasteiger partial charge on any atom is 0.203 e. The third-order valence-electron chi connectivity index (χ3n) is 4.01. The van der Waals surface area contributed by atoms with Crippen LogP contribution in [-0.2, 0) is 0 Å². The molecule has 7 heteroatoms. The van der Waals surface area contributed by atoms with Crippen molar-refractivity contribution >= 4 is 37.7 Å². The highest BCUT2D eigenvalue weighted by Gasteiger charge is 2.03. The van der Waals surface area contributed by atoms with E-state index in [1.807, 2.05) is 24.3 Å². The first-order valence-corrected chi connectivity index (χ1v) is 8.83. The van der Waals surface area contributed by atoms with Gasteiger partial charge in [0.15, 0.2) is 5.43 Å². The summed E-state index contributed by atoms with van der Waals surface area (Å²) in [6.07, 6.45) is 3.27. The summed E-state index contributed by atoms with van der Waals surface area (Å²) >= 11 is 3.18. The molecule has 0 aliphatic rings. The summed E-state index contributed by atoms with van der Waals surface area (Å²) in [5.41, 5.74) is 1.61. The van der Waals surface area contributed by atoms with Crippen molar-refractivity contribution in [1.29, 1.82) is 0 Å². The van der Waals surface area contributed by atoms with Gasteiger partial charge in [0.05, 0.1) is 24.1 Å². The van der Waals surface area contributed by atoms with Crippen LogP contribution in [-0.4, -0.2) is 24.2 Å². The quantitative estimate of drug-likeness (QED) is 0.507. The minimum atomic E-state index is -0.0300. The fourth-order valence-electron chi connectivity index (χ4n) is 2.58. The van der Waals surface area contributed by atoms with Crippen molar-refractivity contribution in [1.82, 2.24) is 9.97 Å². The van der Waals surface area contributed by atoms with Gasteiger partial charge in [0.2, 0.25) is 5.43 Å². The summed E-state index contributed by atoms with van der Waals surface area (Å²) in [6, 6.07) is 12.2. The molecule has 0 bridgehead atoms. The Balaban J connectivity index is 0.000000156. The molecule has 0 saturated carbocycles. The third-order valence-corrected chi connectivity index (χ3v) is 4.60. The van der Waals surface area contributed by atoms with Crippen LogP contribution in [0.25, 0.3) is 21.8 Å². The molecule has 138 valence electrons. The lowest BCUT2D eigenvalue weighted by Gasteiger charge is -2.01. The highest BCUT2D eigenvalue weighted by Crippen LogP contribution is 2.18. The van der Waals surface area contributed by atoms with E-state index in [2.05, 4.69) is 25.9 Å². The SMILES string of the molecule is COc1ccc2[nH]cc(Br)c(=O)c2c1.COc1ccc2[nH]ccc(=O)c2c1. The Labute approximate surface area is 162 Å². The van der Waals surface area contributed by atoms with Crippen LogP contribution in [0.4, 0.5) is 0 Å². The number of ether oxygens (including phenoxy) is 2. The van der Waals surface area contributed by atoms with E-state index in [9.17, 15) is 9.59 Å². The number of hydrogen-bond acceptors (Lipinski definition) is 4. The number of hydrogen-bond donors (Lipinski definition) is 2. The zero-order valence-corrected chi connectivity index (χ0v) is 16.3. The van der Waals surface area contributed by atoms with Crippen molar-refractivity contribution in [3.8, 4) is 11.5 Å². The van der Waals surface area contributed by atoms with Crippen LogP contribution in [0.5, 0.6) is 11.5 Å². The molecule has 0 spiro atoms. The van der Waals surface area contributed by atoms with E-state index in [0.29, 0.717) is 26.7 Å². The molecule has 0 aliphatic carbocycles. The molecule has 0 amide bonds. The minimum Gasteiger partial charge on any atom is -0.497 e. The van der Waals surface area contributed by atoms with E-state index >= 15 is 0 Å². The van der Waals surface area contributed by atoms with Gasteiger partial charge in [0.1, 0.15) is 11.5 Å². The monoisotopic (exact) mass is 428 g/mol. The summed E-state index contributed by atoms with van der Waals surface area (Å²) in [5, 5.41) is 1.28. The summed E-state index contributed by atoms with van der Waals surface area (Å²) in [5.74, 6) is 1.38. The zero-order chi connectivity index (χ0) is 19.4. The van der Waals surface area contributed by atoms with Crippen molar-refractivity contribution in [3.63, 3.8) is 0 Å². The summed E-state index contributed by atoms with van der Waals surface area (Å²) in [7, 11) is 3.16. The fourth-order valence-corrected chi connectivity index (χ4v) is 2.90. The number of fused-ring (bicyclic) bond motifs is 2. The van der Waals surface area contributed by atoms with E-state index in [-0.39, 0.29) is 10.9 Å². The number of aromatic amines is 2. The van der Waals surface area contributed by atoms with E-state index in [1.54, 1.807) is 38.7 Å². The lowest BCUT2D eigenvalue weighted by Crippen LogP contribution is -2.03. The number of aromatic nitrogens is 2. The highest BCUT2D eigenvalue weighted by molar-refractivity contribution is 9.10. The van der Waals surface area contributed by atoms with Crippen molar-refractivity contribution in [2.24, 2.45) is 0 Å². The number of methoxy groups -OCH3 is 2. The second-order valence-electron chi connectivity index (χ2n) is 5.63. The molecule has 6 nitrogen and oxygen atoms in total. The molecule has 0 radical (unpaired) electrons. The first-order valence-electron chi connectivity index (χ1n) is 8.04. The van der Waals surface area contributed by atoms with Gasteiger partial charge in [-0.3, -0.25) is 9.59 Å². The molecule has 2 N–H and O–H groups in total. The number of nitrogens with one attached hydrogen (secondary N) is 2. The van der Waals surface area contributed by atoms with Crippen LogP contribution < -0.4 is 20.3 Å². The average Bonchev–Trinajstić information content (AvgIpc) is 2.71. The minimum absolute atomic E-state index is 0.00708. The van der Waals surface area contributed by atoms with Crippen LogP contribution in [0.1, 0.15) is 0 Å². The van der Waals surface area contributed by atoms with Gasteiger partial charge in [-0.1, -0.05) is 0 Å². The second kappa shape index (κ2) is 8.09. The Kier molecular flexibility index (Phi) is 5.61. The fraction of sp³-hybridized carbons (Fsp3) is 0.100. The first kappa shape index (κ1) is 18.7. The van der Waals surface area contributed by atoms with Crippen LogP contribution in [0.3, 0.4) is 0 Å².